The van der Waals surface area contributed by atoms with Gasteiger partial charge in [-0.05, 0) is 30.9 Å². The Morgan fingerprint density at radius 2 is 1.74 bits per heavy atom. The van der Waals surface area contributed by atoms with Gasteiger partial charge in [0, 0.05) is 32.2 Å². The van der Waals surface area contributed by atoms with Crippen LogP contribution in [0.1, 0.15) is 44.2 Å². The lowest BCUT2D eigenvalue weighted by Gasteiger charge is -2.39. The van der Waals surface area contributed by atoms with E-state index in [-0.39, 0.29) is 24.5 Å². The van der Waals surface area contributed by atoms with Crippen LogP contribution in [0.25, 0.3) is 0 Å². The molecule has 0 aromatic heterocycles. The summed E-state index contributed by atoms with van der Waals surface area (Å²) in [4.78, 5) is 17.0. The van der Waals surface area contributed by atoms with Gasteiger partial charge in [0.25, 0.3) is 0 Å². The van der Waals surface area contributed by atoms with E-state index >= 15 is 0 Å². The summed E-state index contributed by atoms with van der Waals surface area (Å²) in [6, 6.07) is 8.62. The molecule has 0 aliphatic carbocycles. The first-order valence-corrected chi connectivity index (χ1v) is 8.83. The van der Waals surface area contributed by atoms with Crippen LogP contribution < -0.4 is 0 Å². The van der Waals surface area contributed by atoms with Gasteiger partial charge >= 0.3 is 0 Å². The van der Waals surface area contributed by atoms with Crippen LogP contribution in [-0.2, 0) is 11.2 Å². The highest BCUT2D eigenvalue weighted by Crippen LogP contribution is 2.20. The topological polar surface area (TPSA) is 43.8 Å². The number of hydrogen-bond donors (Lipinski definition) is 1. The number of aryl methyl sites for hydroxylation is 1. The number of hydrogen-bond acceptors (Lipinski definition) is 3. The molecule has 0 spiro atoms. The van der Waals surface area contributed by atoms with E-state index in [1.54, 1.807) is 0 Å². The van der Waals surface area contributed by atoms with Crippen LogP contribution >= 0.6 is 0 Å². The third-order valence-corrected chi connectivity index (χ3v) is 5.08. The highest BCUT2D eigenvalue weighted by atomic mass is 16.3. The average Bonchev–Trinajstić information content (AvgIpc) is 2.62. The van der Waals surface area contributed by atoms with Crippen molar-refractivity contribution in [3.63, 3.8) is 0 Å². The summed E-state index contributed by atoms with van der Waals surface area (Å²) in [6.45, 7) is 9.65. The molecule has 1 aliphatic heterocycles. The number of nitrogens with zero attached hydrogens (tertiary/aromatic N) is 2. The highest BCUT2D eigenvalue weighted by Gasteiger charge is 2.27. The summed E-state index contributed by atoms with van der Waals surface area (Å²) in [5.41, 5.74) is 2.40. The van der Waals surface area contributed by atoms with Gasteiger partial charge in [-0.2, -0.15) is 0 Å². The van der Waals surface area contributed by atoms with E-state index in [4.69, 9.17) is 0 Å². The molecule has 0 radical (unpaired) electrons. The number of carbonyl (C=O) groups excluding carboxylic acids is 1. The van der Waals surface area contributed by atoms with Crippen LogP contribution in [0.15, 0.2) is 24.3 Å². The zero-order valence-corrected chi connectivity index (χ0v) is 14.7. The van der Waals surface area contributed by atoms with Crippen LogP contribution in [0.4, 0.5) is 0 Å². The van der Waals surface area contributed by atoms with Gasteiger partial charge in [-0.25, -0.2) is 0 Å². The molecule has 128 valence electrons. The zero-order chi connectivity index (χ0) is 16.8. The van der Waals surface area contributed by atoms with E-state index in [9.17, 15) is 9.90 Å². The summed E-state index contributed by atoms with van der Waals surface area (Å²) in [7, 11) is 0. The molecule has 1 saturated heterocycles. The molecule has 4 nitrogen and oxygen atoms in total. The minimum absolute atomic E-state index is 0.0905. The molecular formula is C19H30N2O2. The van der Waals surface area contributed by atoms with Gasteiger partial charge in [0.1, 0.15) is 0 Å². The molecule has 1 amide bonds. The Kier molecular flexibility index (Phi) is 6.60. The maximum Gasteiger partial charge on any atom is 0.229 e. The number of rotatable bonds is 6. The van der Waals surface area contributed by atoms with Gasteiger partial charge in [-0.3, -0.25) is 9.69 Å². The molecule has 0 bridgehead atoms. The highest BCUT2D eigenvalue weighted by molar-refractivity contribution is 5.83. The molecule has 1 aliphatic rings. The van der Waals surface area contributed by atoms with E-state index in [1.807, 2.05) is 11.8 Å². The first-order valence-electron chi connectivity index (χ1n) is 8.83. The number of aliphatic hydroxyl groups excluding tert-OH is 1. The van der Waals surface area contributed by atoms with E-state index in [0.717, 1.165) is 44.6 Å². The van der Waals surface area contributed by atoms with E-state index in [0.29, 0.717) is 0 Å². The summed E-state index contributed by atoms with van der Waals surface area (Å²) in [5, 5.41) is 9.41. The molecular weight excluding hydrogens is 288 g/mol. The quantitative estimate of drug-likeness (QED) is 0.875. The largest absolute Gasteiger partial charge is 0.395 e. The Hall–Kier alpha value is -1.39. The minimum atomic E-state index is -0.0905. The molecule has 1 N–H and O–H groups in total. The minimum Gasteiger partial charge on any atom is -0.395 e. The van der Waals surface area contributed by atoms with Gasteiger partial charge in [-0.1, -0.05) is 38.1 Å². The second-order valence-electron chi connectivity index (χ2n) is 6.42. The lowest BCUT2D eigenvalue weighted by molar-refractivity contribution is -0.134. The molecule has 2 rings (SSSR count). The lowest BCUT2D eigenvalue weighted by Crippen LogP contribution is -2.53. The number of benzene rings is 1. The predicted molar refractivity (Wildman–Crippen MR) is 93.6 cm³/mol. The van der Waals surface area contributed by atoms with E-state index < -0.39 is 0 Å². The zero-order valence-electron chi connectivity index (χ0n) is 14.7. The Balaban J connectivity index is 1.93. The van der Waals surface area contributed by atoms with Crippen molar-refractivity contribution in [1.82, 2.24) is 9.80 Å². The van der Waals surface area contributed by atoms with Crippen molar-refractivity contribution in [3.05, 3.63) is 35.4 Å². The Morgan fingerprint density at radius 3 is 2.22 bits per heavy atom. The average molecular weight is 318 g/mol. The summed E-state index contributed by atoms with van der Waals surface area (Å²) < 4.78 is 0. The van der Waals surface area contributed by atoms with Crippen molar-refractivity contribution in [2.24, 2.45) is 0 Å². The second-order valence-corrected chi connectivity index (χ2v) is 6.42. The predicted octanol–water partition coefficient (Wildman–Crippen LogP) is 2.27. The normalized spacial score (nSPS) is 18.7. The van der Waals surface area contributed by atoms with E-state index in [2.05, 4.69) is 43.0 Å². The summed E-state index contributed by atoms with van der Waals surface area (Å²) in [5.74, 6) is 0.123. The monoisotopic (exact) mass is 318 g/mol. The third-order valence-electron chi connectivity index (χ3n) is 5.08. The smallest absolute Gasteiger partial charge is 0.229 e. The van der Waals surface area contributed by atoms with Crippen molar-refractivity contribution in [3.8, 4) is 0 Å². The fourth-order valence-corrected chi connectivity index (χ4v) is 3.27. The summed E-state index contributed by atoms with van der Waals surface area (Å²) >= 11 is 0. The molecule has 0 saturated carbocycles. The first kappa shape index (κ1) is 18.0. The van der Waals surface area contributed by atoms with Gasteiger partial charge in [0.05, 0.1) is 12.5 Å². The molecule has 2 unspecified atom stereocenters. The molecule has 4 heteroatoms. The van der Waals surface area contributed by atoms with Gasteiger partial charge in [-0.15, -0.1) is 0 Å². The van der Waals surface area contributed by atoms with Crippen molar-refractivity contribution >= 4 is 5.91 Å². The second kappa shape index (κ2) is 8.46. The van der Waals surface area contributed by atoms with Crippen molar-refractivity contribution in [2.75, 3.05) is 32.8 Å². The maximum atomic E-state index is 12.7. The third kappa shape index (κ3) is 4.33. The Labute approximate surface area is 140 Å². The Morgan fingerprint density at radius 1 is 1.13 bits per heavy atom. The Bertz CT molecular complexity index is 489. The first-order chi connectivity index (χ1) is 11.1. The molecule has 1 heterocycles. The fourth-order valence-electron chi connectivity index (χ4n) is 3.27. The van der Waals surface area contributed by atoms with Crippen LogP contribution in [0.2, 0.25) is 0 Å². The van der Waals surface area contributed by atoms with Crippen molar-refractivity contribution in [1.29, 1.82) is 0 Å². The van der Waals surface area contributed by atoms with Crippen LogP contribution in [-0.4, -0.2) is 59.6 Å². The van der Waals surface area contributed by atoms with Crippen LogP contribution in [0.3, 0.4) is 0 Å². The molecule has 2 atom stereocenters. The number of aliphatic hydroxyl groups is 1. The number of amides is 1. The van der Waals surface area contributed by atoms with Crippen molar-refractivity contribution in [2.45, 2.75) is 45.6 Å². The van der Waals surface area contributed by atoms with Crippen LogP contribution in [0, 0.1) is 0 Å². The number of piperazine rings is 1. The van der Waals surface area contributed by atoms with Gasteiger partial charge in [0.2, 0.25) is 5.91 Å². The van der Waals surface area contributed by atoms with E-state index in [1.165, 1.54) is 5.56 Å². The maximum absolute atomic E-state index is 12.7. The molecule has 1 aromatic rings. The molecule has 1 fully saturated rings. The fraction of sp³-hybridized carbons (Fsp3) is 0.632. The number of carbonyl (C=O) groups is 1. The standard InChI is InChI=1S/C19H30N2O2/c1-4-16-6-8-17(9-7-16)15(3)19(23)21-12-10-20(11-13-21)18(5-2)14-22/h6-9,15,18,22H,4-5,10-14H2,1-3H3. The van der Waals surface area contributed by atoms with Gasteiger partial charge < -0.3 is 10.0 Å². The SMILES string of the molecule is CCc1ccc(C(C)C(=O)N2CCN(C(CC)CO)CC2)cc1. The van der Waals surface area contributed by atoms with Gasteiger partial charge in [0.15, 0.2) is 0 Å². The van der Waals surface area contributed by atoms with Crippen LogP contribution in [0.5, 0.6) is 0 Å². The lowest BCUT2D eigenvalue weighted by atomic mass is 9.97. The van der Waals surface area contributed by atoms with Crippen molar-refractivity contribution < 1.29 is 9.90 Å². The molecule has 1 aromatic carbocycles. The molecule has 23 heavy (non-hydrogen) atoms. The summed E-state index contributed by atoms with van der Waals surface area (Å²) in [6.07, 6.45) is 1.97.